The Labute approximate surface area is 106 Å². The molecule has 0 N–H and O–H groups in total. The number of rotatable bonds is 4. The minimum atomic E-state index is -0.0141. The van der Waals surface area contributed by atoms with E-state index in [1.54, 1.807) is 26.1 Å². The summed E-state index contributed by atoms with van der Waals surface area (Å²) in [5.74, 6) is 0.726. The largest absolute Gasteiger partial charge is 0.496 e. The van der Waals surface area contributed by atoms with Gasteiger partial charge in [0.15, 0.2) is 0 Å². The molecule has 0 aliphatic rings. The number of ether oxygens (including phenoxy) is 1. The first kappa shape index (κ1) is 13.6. The molecule has 0 radical (unpaired) electrons. The molecule has 0 aliphatic heterocycles. The molecule has 0 saturated carbocycles. The number of nitrogens with zero attached hydrogens (tertiary/aromatic N) is 1. The quantitative estimate of drug-likeness (QED) is 0.608. The fraction of sp³-hybridized carbons (Fsp3) is 0.308. The molecular formula is C13H17NO2S. The van der Waals surface area contributed by atoms with Crippen molar-refractivity contribution in [3.63, 3.8) is 0 Å². The Morgan fingerprint density at radius 2 is 2.24 bits per heavy atom. The summed E-state index contributed by atoms with van der Waals surface area (Å²) >= 11 is 1.17. The topological polar surface area (TPSA) is 29.5 Å². The minimum absolute atomic E-state index is 0.0141. The van der Waals surface area contributed by atoms with Gasteiger partial charge in [-0.3, -0.25) is 4.79 Å². The summed E-state index contributed by atoms with van der Waals surface area (Å²) in [5.41, 5.74) is 1.12. The van der Waals surface area contributed by atoms with Crippen molar-refractivity contribution in [1.29, 1.82) is 0 Å². The van der Waals surface area contributed by atoms with Gasteiger partial charge in [0.1, 0.15) is 5.75 Å². The molecular weight excluding hydrogens is 234 g/mol. The smallest absolute Gasteiger partial charge is 0.286 e. The molecule has 0 atom stereocenters. The van der Waals surface area contributed by atoms with Crippen molar-refractivity contribution in [2.45, 2.75) is 11.3 Å². The minimum Gasteiger partial charge on any atom is -0.496 e. The van der Waals surface area contributed by atoms with Crippen LogP contribution in [0, 0.1) is 0 Å². The van der Waals surface area contributed by atoms with Gasteiger partial charge in [0.25, 0.3) is 5.24 Å². The van der Waals surface area contributed by atoms with Gasteiger partial charge in [-0.25, -0.2) is 0 Å². The fourth-order valence-corrected chi connectivity index (χ4v) is 2.02. The number of amides is 1. The first-order valence-corrected chi connectivity index (χ1v) is 6.07. The van der Waals surface area contributed by atoms with Crippen LogP contribution in [0.3, 0.4) is 0 Å². The molecule has 3 nitrogen and oxygen atoms in total. The molecule has 1 amide bonds. The molecule has 0 aromatic heterocycles. The molecule has 0 bridgehead atoms. The molecule has 0 aliphatic carbocycles. The summed E-state index contributed by atoms with van der Waals surface area (Å²) in [6.07, 6.45) is 2.63. The second kappa shape index (κ2) is 6.35. The monoisotopic (exact) mass is 251 g/mol. The Bertz CT molecular complexity index is 416. The van der Waals surface area contributed by atoms with Crippen molar-refractivity contribution in [2.75, 3.05) is 21.2 Å². The normalized spacial score (nSPS) is 9.82. The Hall–Kier alpha value is -1.42. The Kier molecular flexibility index (Phi) is 5.10. The SMILES string of the molecule is C=CCc1ccc(SC(=O)N(C)C)c(OC)c1. The van der Waals surface area contributed by atoms with Crippen LogP contribution in [0.5, 0.6) is 5.75 Å². The van der Waals surface area contributed by atoms with Gasteiger partial charge < -0.3 is 9.64 Å². The van der Waals surface area contributed by atoms with Crippen LogP contribution in [0.15, 0.2) is 35.7 Å². The molecule has 0 saturated heterocycles. The van der Waals surface area contributed by atoms with Gasteiger partial charge in [0.2, 0.25) is 0 Å². The van der Waals surface area contributed by atoms with Crippen LogP contribution in [0.4, 0.5) is 4.79 Å². The van der Waals surface area contributed by atoms with E-state index in [1.807, 2.05) is 24.3 Å². The highest BCUT2D eigenvalue weighted by Gasteiger charge is 2.11. The van der Waals surface area contributed by atoms with Crippen molar-refractivity contribution in [3.8, 4) is 5.75 Å². The molecule has 17 heavy (non-hydrogen) atoms. The number of hydrogen-bond donors (Lipinski definition) is 0. The number of thioether (sulfide) groups is 1. The van der Waals surface area contributed by atoms with E-state index in [-0.39, 0.29) is 5.24 Å². The number of carbonyl (C=O) groups excluding carboxylic acids is 1. The summed E-state index contributed by atoms with van der Waals surface area (Å²) in [6, 6.07) is 5.83. The number of benzene rings is 1. The van der Waals surface area contributed by atoms with Crippen LogP contribution in [0.1, 0.15) is 5.56 Å². The first-order valence-electron chi connectivity index (χ1n) is 5.25. The average molecular weight is 251 g/mol. The maximum Gasteiger partial charge on any atom is 0.286 e. The fourth-order valence-electron chi connectivity index (χ4n) is 1.28. The second-order valence-corrected chi connectivity index (χ2v) is 4.73. The van der Waals surface area contributed by atoms with Crippen LogP contribution in [0.2, 0.25) is 0 Å². The Morgan fingerprint density at radius 3 is 2.76 bits per heavy atom. The molecule has 1 rings (SSSR count). The lowest BCUT2D eigenvalue weighted by Gasteiger charge is -2.12. The Morgan fingerprint density at radius 1 is 1.53 bits per heavy atom. The van der Waals surface area contributed by atoms with Gasteiger partial charge in [-0.15, -0.1) is 6.58 Å². The zero-order valence-corrected chi connectivity index (χ0v) is 11.2. The van der Waals surface area contributed by atoms with Gasteiger partial charge in [-0.1, -0.05) is 12.1 Å². The predicted octanol–water partition coefficient (Wildman–Crippen LogP) is 3.20. The second-order valence-electron chi connectivity index (χ2n) is 3.74. The third-order valence-corrected chi connectivity index (χ3v) is 3.27. The van der Waals surface area contributed by atoms with Gasteiger partial charge in [-0.2, -0.15) is 0 Å². The molecule has 0 unspecified atom stereocenters. The zero-order valence-electron chi connectivity index (χ0n) is 10.4. The lowest BCUT2D eigenvalue weighted by Crippen LogP contribution is -2.16. The summed E-state index contributed by atoms with van der Waals surface area (Å²) in [6.45, 7) is 3.70. The van der Waals surface area contributed by atoms with Crippen LogP contribution in [-0.2, 0) is 6.42 Å². The van der Waals surface area contributed by atoms with Gasteiger partial charge in [-0.05, 0) is 35.9 Å². The van der Waals surface area contributed by atoms with Gasteiger partial charge in [0, 0.05) is 14.1 Å². The van der Waals surface area contributed by atoms with Crippen molar-refractivity contribution in [2.24, 2.45) is 0 Å². The average Bonchev–Trinajstić information content (AvgIpc) is 2.31. The van der Waals surface area contributed by atoms with Crippen molar-refractivity contribution < 1.29 is 9.53 Å². The maximum absolute atomic E-state index is 11.6. The molecule has 1 aromatic carbocycles. The third-order valence-electron chi connectivity index (χ3n) is 2.17. The zero-order chi connectivity index (χ0) is 12.8. The van der Waals surface area contributed by atoms with Crippen LogP contribution < -0.4 is 4.74 Å². The highest BCUT2D eigenvalue weighted by atomic mass is 32.2. The summed E-state index contributed by atoms with van der Waals surface area (Å²) in [4.78, 5) is 14.0. The summed E-state index contributed by atoms with van der Waals surface area (Å²) in [5, 5.41) is -0.0141. The van der Waals surface area contributed by atoms with Crippen LogP contribution >= 0.6 is 11.8 Å². The lowest BCUT2D eigenvalue weighted by atomic mass is 10.1. The lowest BCUT2D eigenvalue weighted by molar-refractivity contribution is 0.241. The number of hydrogen-bond acceptors (Lipinski definition) is 3. The first-order chi connectivity index (χ1) is 8.08. The summed E-state index contributed by atoms with van der Waals surface area (Å²) < 4.78 is 5.29. The predicted molar refractivity (Wildman–Crippen MR) is 71.8 cm³/mol. The molecule has 92 valence electrons. The van der Waals surface area contributed by atoms with Crippen LogP contribution in [-0.4, -0.2) is 31.3 Å². The maximum atomic E-state index is 11.6. The standard InChI is InChI=1S/C13H17NO2S/c1-5-6-10-7-8-12(11(9-10)16-4)17-13(15)14(2)3/h5,7-9H,1,6H2,2-4H3. The van der Waals surface area contributed by atoms with E-state index in [4.69, 9.17) is 4.74 Å². The number of carbonyl (C=O) groups is 1. The molecule has 0 heterocycles. The van der Waals surface area contributed by atoms with E-state index in [0.717, 1.165) is 22.6 Å². The van der Waals surface area contributed by atoms with E-state index >= 15 is 0 Å². The summed E-state index contributed by atoms with van der Waals surface area (Å²) in [7, 11) is 5.07. The van der Waals surface area contributed by atoms with Crippen molar-refractivity contribution >= 4 is 17.0 Å². The van der Waals surface area contributed by atoms with E-state index in [9.17, 15) is 4.79 Å². The molecule has 0 fully saturated rings. The number of methoxy groups -OCH3 is 1. The van der Waals surface area contributed by atoms with E-state index < -0.39 is 0 Å². The van der Waals surface area contributed by atoms with Crippen LogP contribution in [0.25, 0.3) is 0 Å². The highest BCUT2D eigenvalue weighted by Crippen LogP contribution is 2.31. The van der Waals surface area contributed by atoms with Crippen molar-refractivity contribution in [3.05, 3.63) is 36.4 Å². The highest BCUT2D eigenvalue weighted by molar-refractivity contribution is 8.13. The Balaban J connectivity index is 2.92. The molecule has 0 spiro atoms. The van der Waals surface area contributed by atoms with Crippen molar-refractivity contribution in [1.82, 2.24) is 4.90 Å². The van der Waals surface area contributed by atoms with Gasteiger partial charge >= 0.3 is 0 Å². The van der Waals surface area contributed by atoms with E-state index in [2.05, 4.69) is 6.58 Å². The number of allylic oxidation sites excluding steroid dienone is 1. The van der Waals surface area contributed by atoms with Gasteiger partial charge in [0.05, 0.1) is 12.0 Å². The molecule has 1 aromatic rings. The molecule has 4 heteroatoms. The third kappa shape index (κ3) is 3.82. The van der Waals surface area contributed by atoms with E-state index in [0.29, 0.717) is 0 Å². The van der Waals surface area contributed by atoms with E-state index in [1.165, 1.54) is 11.8 Å².